The van der Waals surface area contributed by atoms with Crippen LogP contribution in [0.2, 0.25) is 0 Å². The zero-order valence-corrected chi connectivity index (χ0v) is 10.3. The molecule has 3 N–H and O–H groups in total. The Bertz CT molecular complexity index is 192. The van der Waals surface area contributed by atoms with Gasteiger partial charge >= 0.3 is 35.1 Å². The summed E-state index contributed by atoms with van der Waals surface area (Å²) < 4.78 is 43.0. The van der Waals surface area contributed by atoms with Gasteiger partial charge in [0.2, 0.25) is 0 Å². The minimum atomic E-state index is -5.17. The average Bonchev–Trinajstić information content (AvgIpc) is 1.12. The molecule has 0 unspecified atom stereocenters. The van der Waals surface area contributed by atoms with E-state index in [1.165, 1.54) is 0 Å². The van der Waals surface area contributed by atoms with Gasteiger partial charge in [-0.3, -0.25) is 8.42 Å². The zero-order valence-electron chi connectivity index (χ0n) is 4.74. The Morgan fingerprint density at radius 2 is 1.09 bits per heavy atom. The molecule has 0 aliphatic heterocycles. The van der Waals surface area contributed by atoms with Crippen LogP contribution in [0.15, 0.2) is 0 Å². The third kappa shape index (κ3) is 1060. The van der Waals surface area contributed by atoms with Gasteiger partial charge in [-0.1, -0.05) is 0 Å². The molecule has 0 aliphatic rings. The topological polar surface area (TPSA) is 158 Å². The van der Waals surface area contributed by atoms with E-state index < -0.39 is 18.2 Å². The molecule has 2 radical (unpaired) electrons. The Morgan fingerprint density at radius 3 is 1.09 bits per heavy atom. The molecule has 0 fully saturated rings. The number of hydrogen-bond acceptors (Lipinski definition) is 5. The van der Waals surface area contributed by atoms with Crippen LogP contribution < -0.4 is 0 Å². The monoisotopic (exact) mass is 402 g/mol. The molecule has 11 heavy (non-hydrogen) atoms. The molecule has 0 aromatic rings. The van der Waals surface area contributed by atoms with Gasteiger partial charge in [0.15, 0.2) is 0 Å². The van der Waals surface area contributed by atoms with Crippen LogP contribution in [0.25, 0.3) is 0 Å². The van der Waals surface area contributed by atoms with Gasteiger partial charge in [0.1, 0.15) is 0 Å². The molecule has 0 saturated heterocycles. The molecule has 0 amide bonds. The third-order valence-corrected chi connectivity index (χ3v) is 0. The molecule has 0 bridgehead atoms. The summed E-state index contributed by atoms with van der Waals surface area (Å²) in [7, 11) is -9.81. The molecule has 66 valence electrons. The van der Waals surface area contributed by atoms with Crippen molar-refractivity contribution in [1.82, 2.24) is 0 Å². The largest absolute Gasteiger partial charge is 2.00 e. The summed E-state index contributed by atoms with van der Waals surface area (Å²) in [6.07, 6.45) is 0. The first-order chi connectivity index (χ1) is 4.00. The zero-order chi connectivity index (χ0) is 9.00. The van der Waals surface area contributed by atoms with E-state index in [-0.39, 0.29) is 27.3 Å². The Kier molecular flexibility index (Phi) is 10.4. The van der Waals surface area contributed by atoms with E-state index >= 15 is 0 Å². The average molecular weight is 401 g/mol. The Balaban J connectivity index is -0.000000107. The van der Waals surface area contributed by atoms with Crippen molar-refractivity contribution in [2.45, 2.75) is 0 Å². The van der Waals surface area contributed by atoms with E-state index in [4.69, 9.17) is 36.8 Å². The molecule has 0 aliphatic carbocycles. The number of hydrogen-bond donors (Lipinski definition) is 3. The van der Waals surface area contributed by atoms with Crippen LogP contribution in [0.5, 0.6) is 0 Å². The van der Waals surface area contributed by atoms with Gasteiger partial charge in [0.25, 0.3) is 0 Å². The van der Waals surface area contributed by atoms with Gasteiger partial charge < -0.3 is 23.8 Å². The van der Waals surface area contributed by atoms with E-state index in [0.717, 1.165) is 0 Å². The number of phosphoric acid groups is 1. The van der Waals surface area contributed by atoms with Gasteiger partial charge in [-0.2, -0.15) is 0 Å². The first-order valence-corrected chi connectivity index (χ1v) is 4.35. The van der Waals surface area contributed by atoms with Crippen molar-refractivity contribution < 1.29 is 36.8 Å². The second-order valence-electron chi connectivity index (χ2n) is 0.922. The second kappa shape index (κ2) is 6.42. The molecule has 0 saturated carbocycles. The van der Waals surface area contributed by atoms with Crippen molar-refractivity contribution in [3.05, 3.63) is 0 Å². The van der Waals surface area contributed by atoms with Gasteiger partial charge in [0.05, 0.1) is 0 Å². The predicted octanol–water partition coefficient (Wildman–Crippen LogP) is -2.65. The Hall–Kier alpha value is 0.902. The molecular formula is H3O8PPbS. The van der Waals surface area contributed by atoms with E-state index in [1.807, 2.05) is 0 Å². The molecule has 0 spiro atoms. The standard InChI is InChI=1S/H3O4P.H2O4S.Pb/c2*1-5(2,3)4;/h(H3,1,2,3,4);(H2,1,2,3,4);/q;;+2/p-2. The summed E-state index contributed by atoms with van der Waals surface area (Å²) in [5.41, 5.74) is 0. The molecule has 0 heterocycles. The maximum Gasteiger partial charge on any atom is 2.00 e. The van der Waals surface area contributed by atoms with Crippen molar-refractivity contribution in [2.24, 2.45) is 0 Å². The number of rotatable bonds is 0. The molecule has 11 heteroatoms. The maximum atomic E-state index is 8.88. The van der Waals surface area contributed by atoms with Crippen LogP contribution >= 0.6 is 7.82 Å². The van der Waals surface area contributed by atoms with Gasteiger partial charge in [-0.05, 0) is 0 Å². The van der Waals surface area contributed by atoms with E-state index in [9.17, 15) is 0 Å². The van der Waals surface area contributed by atoms with Crippen LogP contribution in [0.4, 0.5) is 0 Å². The maximum absolute atomic E-state index is 8.88. The molecule has 0 atom stereocenters. The van der Waals surface area contributed by atoms with Crippen LogP contribution in [0, 0.1) is 0 Å². The Morgan fingerprint density at radius 1 is 1.09 bits per heavy atom. The van der Waals surface area contributed by atoms with Crippen molar-refractivity contribution in [3.63, 3.8) is 0 Å². The van der Waals surface area contributed by atoms with Crippen LogP contribution in [-0.2, 0) is 15.0 Å². The van der Waals surface area contributed by atoms with Crippen molar-refractivity contribution in [2.75, 3.05) is 0 Å². The fourth-order valence-electron chi connectivity index (χ4n) is 0. The summed E-state index contributed by atoms with van der Waals surface area (Å²) in [5, 5.41) is 0. The quantitative estimate of drug-likeness (QED) is 0.172. The summed E-state index contributed by atoms with van der Waals surface area (Å²) in [6.45, 7) is 0. The van der Waals surface area contributed by atoms with Gasteiger partial charge in [-0.15, -0.1) is 0 Å². The summed E-state index contributed by atoms with van der Waals surface area (Å²) in [4.78, 5) is 21.6. The normalized spacial score (nSPS) is 10.6. The molecule has 0 aromatic carbocycles. The van der Waals surface area contributed by atoms with Crippen molar-refractivity contribution in [1.29, 1.82) is 0 Å². The van der Waals surface area contributed by atoms with E-state index in [1.54, 1.807) is 0 Å². The molecule has 8 nitrogen and oxygen atoms in total. The van der Waals surface area contributed by atoms with Gasteiger partial charge in [-0.25, -0.2) is 4.57 Å². The van der Waals surface area contributed by atoms with E-state index in [2.05, 4.69) is 0 Å². The molecular weight excluding hydrogens is 398 g/mol. The summed E-state index contributed by atoms with van der Waals surface area (Å²) in [5.74, 6) is 0. The minimum Gasteiger partial charge on any atom is -0.759 e. The van der Waals surface area contributed by atoms with E-state index in [0.29, 0.717) is 0 Å². The second-order valence-corrected chi connectivity index (χ2v) is 2.76. The Labute approximate surface area is 82.2 Å². The molecule has 0 rings (SSSR count). The van der Waals surface area contributed by atoms with Crippen LogP contribution in [0.1, 0.15) is 0 Å². The third-order valence-electron chi connectivity index (χ3n) is 0. The first kappa shape index (κ1) is 17.9. The minimum absolute atomic E-state index is 0. The predicted molar refractivity (Wildman–Crippen MR) is 30.5 cm³/mol. The SMILES string of the molecule is O=P(O)(O)O.O=S(=O)([O-])[O-].[Pb+2]. The van der Waals surface area contributed by atoms with Crippen LogP contribution in [0.3, 0.4) is 0 Å². The smallest absolute Gasteiger partial charge is 0.759 e. The van der Waals surface area contributed by atoms with Crippen LogP contribution in [-0.4, -0.2) is 59.5 Å². The fraction of sp³-hybridized carbons (Fsp3) is 0. The van der Waals surface area contributed by atoms with Crippen molar-refractivity contribution in [3.8, 4) is 0 Å². The fourth-order valence-corrected chi connectivity index (χ4v) is 0. The first-order valence-electron chi connectivity index (χ1n) is 1.45. The van der Waals surface area contributed by atoms with Crippen molar-refractivity contribution >= 4 is 45.5 Å². The molecule has 0 aromatic heterocycles. The summed E-state index contributed by atoms with van der Waals surface area (Å²) >= 11 is 0. The van der Waals surface area contributed by atoms with Gasteiger partial charge in [0, 0.05) is 10.4 Å². The summed E-state index contributed by atoms with van der Waals surface area (Å²) in [6, 6.07) is 0.